The lowest BCUT2D eigenvalue weighted by Gasteiger charge is -2.31. The minimum absolute atomic E-state index is 0.0918. The highest BCUT2D eigenvalue weighted by Crippen LogP contribution is 2.50. The van der Waals surface area contributed by atoms with Crippen molar-refractivity contribution in [3.8, 4) is 11.5 Å². The third-order valence-corrected chi connectivity index (χ3v) is 13.3. The summed E-state index contributed by atoms with van der Waals surface area (Å²) in [4.78, 5) is 65.0. The summed E-state index contributed by atoms with van der Waals surface area (Å²) in [5.41, 5.74) is 8.62. The van der Waals surface area contributed by atoms with Gasteiger partial charge in [0.2, 0.25) is 11.8 Å². The van der Waals surface area contributed by atoms with Crippen molar-refractivity contribution in [3.05, 3.63) is 83.2 Å². The van der Waals surface area contributed by atoms with Crippen molar-refractivity contribution in [2.24, 2.45) is 21.8 Å². The van der Waals surface area contributed by atoms with E-state index < -0.39 is 24.3 Å². The predicted molar refractivity (Wildman–Crippen MR) is 240 cm³/mol. The Morgan fingerprint density at radius 1 is 0.726 bits per heavy atom. The molecule has 5 heterocycles. The molecule has 2 fully saturated rings. The molecule has 5 aliphatic heterocycles. The SMILES string of the molecule is CCC1c2ccc(C3=CN=C([C@@H]4CCCN4C(=O)[C@@H](NC(=O)OC)C(C)C)C3)cc2Oc2ccc3cc(C4=CN=C([C@@H]5CCCN5C(=O)[C@@H](NC(=O)OC)C(C)C)C4)ccc3c21. The molecule has 4 amide bonds. The van der Waals surface area contributed by atoms with Crippen LogP contribution in [0.5, 0.6) is 11.5 Å². The van der Waals surface area contributed by atoms with Gasteiger partial charge in [0.05, 0.1) is 26.3 Å². The molecule has 0 radical (unpaired) electrons. The molecule has 0 spiro atoms. The van der Waals surface area contributed by atoms with Gasteiger partial charge >= 0.3 is 12.2 Å². The second kappa shape index (κ2) is 17.8. The molecule has 326 valence electrons. The van der Waals surface area contributed by atoms with E-state index in [0.29, 0.717) is 25.9 Å². The van der Waals surface area contributed by atoms with Gasteiger partial charge < -0.3 is 34.6 Å². The Kier molecular flexibility index (Phi) is 12.2. The molecule has 0 aliphatic carbocycles. The summed E-state index contributed by atoms with van der Waals surface area (Å²) in [5.74, 6) is 1.46. The van der Waals surface area contributed by atoms with Gasteiger partial charge in [-0.05, 0) is 95.2 Å². The number of nitrogens with one attached hydrogen (secondary N) is 2. The molecule has 13 heteroatoms. The molecule has 8 rings (SSSR count). The Morgan fingerprint density at radius 2 is 1.26 bits per heavy atom. The van der Waals surface area contributed by atoms with E-state index in [-0.39, 0.29) is 41.7 Å². The van der Waals surface area contributed by atoms with Crippen LogP contribution in [0.4, 0.5) is 9.59 Å². The van der Waals surface area contributed by atoms with Crippen molar-refractivity contribution in [2.75, 3.05) is 27.3 Å². The van der Waals surface area contributed by atoms with Gasteiger partial charge in [0.25, 0.3) is 0 Å². The first-order chi connectivity index (χ1) is 29.9. The Bertz CT molecular complexity index is 2420. The topological polar surface area (TPSA) is 151 Å². The van der Waals surface area contributed by atoms with Crippen molar-refractivity contribution >= 4 is 57.3 Å². The van der Waals surface area contributed by atoms with Crippen molar-refractivity contribution in [2.45, 2.75) is 110 Å². The number of fused-ring (bicyclic) bond motifs is 4. The highest BCUT2D eigenvalue weighted by molar-refractivity contribution is 6.05. The van der Waals surface area contributed by atoms with Crippen molar-refractivity contribution in [3.63, 3.8) is 0 Å². The fraction of sp³-hybridized carbons (Fsp3) is 0.469. The number of carbonyl (C=O) groups excluding carboxylic acids is 4. The number of likely N-dealkylation sites (tertiary alicyclic amines) is 2. The first-order valence-electron chi connectivity index (χ1n) is 22.1. The zero-order valence-corrected chi connectivity index (χ0v) is 36.8. The second-order valence-corrected chi connectivity index (χ2v) is 17.7. The number of rotatable bonds is 11. The van der Waals surface area contributed by atoms with E-state index in [0.717, 1.165) is 93.6 Å². The maximum absolute atomic E-state index is 13.7. The summed E-state index contributed by atoms with van der Waals surface area (Å²) >= 11 is 0. The molecule has 3 aromatic rings. The van der Waals surface area contributed by atoms with Crippen LogP contribution >= 0.6 is 0 Å². The second-order valence-electron chi connectivity index (χ2n) is 17.7. The van der Waals surface area contributed by atoms with E-state index >= 15 is 0 Å². The molecule has 62 heavy (non-hydrogen) atoms. The third kappa shape index (κ3) is 8.09. The summed E-state index contributed by atoms with van der Waals surface area (Å²) in [6.07, 6.45) is 8.28. The molecule has 5 atom stereocenters. The van der Waals surface area contributed by atoms with Gasteiger partial charge in [0.15, 0.2) is 0 Å². The van der Waals surface area contributed by atoms with Crippen molar-refractivity contribution in [1.29, 1.82) is 0 Å². The van der Waals surface area contributed by atoms with Crippen LogP contribution in [0.2, 0.25) is 0 Å². The maximum atomic E-state index is 13.7. The van der Waals surface area contributed by atoms with E-state index in [9.17, 15) is 19.2 Å². The first kappa shape index (κ1) is 42.7. The van der Waals surface area contributed by atoms with Crippen LogP contribution in [0.25, 0.3) is 21.9 Å². The molecule has 3 aromatic carbocycles. The minimum Gasteiger partial charge on any atom is -0.457 e. The monoisotopic (exact) mass is 842 g/mol. The van der Waals surface area contributed by atoms with E-state index in [1.165, 1.54) is 19.8 Å². The van der Waals surface area contributed by atoms with Crippen LogP contribution in [0.1, 0.15) is 108 Å². The lowest BCUT2D eigenvalue weighted by molar-refractivity contribution is -0.134. The first-order valence-corrected chi connectivity index (χ1v) is 22.1. The molecule has 0 saturated carbocycles. The van der Waals surface area contributed by atoms with Gasteiger partial charge in [-0.3, -0.25) is 19.6 Å². The molecular weight excluding hydrogens is 785 g/mol. The molecule has 0 bridgehead atoms. The molecular formula is C49H58N6O7. The van der Waals surface area contributed by atoms with Gasteiger partial charge in [-0.2, -0.15) is 0 Å². The van der Waals surface area contributed by atoms with Gasteiger partial charge in [0.1, 0.15) is 23.6 Å². The average molecular weight is 843 g/mol. The molecule has 2 saturated heterocycles. The maximum Gasteiger partial charge on any atom is 0.407 e. The van der Waals surface area contributed by atoms with Crippen LogP contribution in [-0.4, -0.2) is 96.7 Å². The Morgan fingerprint density at radius 3 is 1.77 bits per heavy atom. The summed E-state index contributed by atoms with van der Waals surface area (Å²) < 4.78 is 16.3. The highest BCUT2D eigenvalue weighted by Gasteiger charge is 2.40. The summed E-state index contributed by atoms with van der Waals surface area (Å²) in [6, 6.07) is 15.8. The summed E-state index contributed by atoms with van der Waals surface area (Å²) in [7, 11) is 2.61. The van der Waals surface area contributed by atoms with Gasteiger partial charge in [-0.1, -0.05) is 65.0 Å². The van der Waals surface area contributed by atoms with E-state index in [2.05, 4.69) is 66.1 Å². The number of allylic oxidation sites excluding steroid dienone is 2. The number of methoxy groups -OCH3 is 2. The van der Waals surface area contributed by atoms with Crippen LogP contribution in [-0.2, 0) is 19.1 Å². The van der Waals surface area contributed by atoms with Crippen molar-refractivity contribution < 1.29 is 33.4 Å². The quantitative estimate of drug-likeness (QED) is 0.196. The molecule has 2 N–H and O–H groups in total. The molecule has 13 nitrogen and oxygen atoms in total. The normalized spacial score (nSPS) is 21.4. The Hall–Kier alpha value is -5.98. The largest absolute Gasteiger partial charge is 0.457 e. The zero-order valence-electron chi connectivity index (χ0n) is 36.8. The van der Waals surface area contributed by atoms with Crippen LogP contribution in [0.15, 0.2) is 70.9 Å². The number of hydrogen-bond acceptors (Lipinski definition) is 9. The van der Waals surface area contributed by atoms with Gasteiger partial charge in [0, 0.05) is 66.8 Å². The van der Waals surface area contributed by atoms with Crippen LogP contribution in [0, 0.1) is 11.8 Å². The zero-order chi connectivity index (χ0) is 43.8. The number of amides is 4. The number of alkyl carbamates (subject to hydrolysis) is 2. The number of aliphatic imine (C=N–C) groups is 2. The van der Waals surface area contributed by atoms with Crippen LogP contribution in [0.3, 0.4) is 0 Å². The Labute approximate surface area is 363 Å². The number of benzene rings is 3. The predicted octanol–water partition coefficient (Wildman–Crippen LogP) is 8.60. The van der Waals surface area contributed by atoms with E-state index in [1.807, 2.05) is 49.9 Å². The number of ether oxygens (including phenoxy) is 3. The van der Waals surface area contributed by atoms with Gasteiger partial charge in [-0.25, -0.2) is 9.59 Å². The smallest absolute Gasteiger partial charge is 0.407 e. The number of carbonyl (C=O) groups is 4. The summed E-state index contributed by atoms with van der Waals surface area (Å²) in [5, 5.41) is 7.76. The molecule has 5 aliphatic rings. The molecule has 1 unspecified atom stereocenters. The lowest BCUT2D eigenvalue weighted by Crippen LogP contribution is -2.53. The van der Waals surface area contributed by atoms with Gasteiger partial charge in [-0.15, -0.1) is 0 Å². The number of hydrogen-bond donors (Lipinski definition) is 2. The van der Waals surface area contributed by atoms with E-state index in [1.54, 1.807) is 0 Å². The lowest BCUT2D eigenvalue weighted by atomic mass is 9.82. The highest BCUT2D eigenvalue weighted by atomic mass is 16.5. The standard InChI is InChI=1S/C49H58N6O7/c1-8-34-36-17-14-30(33-23-38(51-26-33)40-12-10-20-55(40)47(57)45(28(4)5)53-49(59)61-7)24-42(36)62-41-18-15-31-21-29(13-16-35(31)43(34)41)32-22-37(50-25-32)39-11-9-19-54(39)46(56)44(27(2)3)52-48(58)60-6/h13-18,21,24-28,34,39-40,44-45H,8-12,19-20,22-23H2,1-7H3,(H,52,58)(H,53,59)/t34?,39-,40-,44-,45-/m0/s1. The fourth-order valence-corrected chi connectivity index (χ4v) is 9.96. The Balaban J connectivity index is 0.950. The average Bonchev–Trinajstić information content (AvgIpc) is 4.12. The third-order valence-electron chi connectivity index (χ3n) is 13.3. The molecule has 0 aromatic heterocycles. The summed E-state index contributed by atoms with van der Waals surface area (Å²) in [6.45, 7) is 11.2. The fourth-order valence-electron chi connectivity index (χ4n) is 9.96. The van der Waals surface area contributed by atoms with Crippen LogP contribution < -0.4 is 15.4 Å². The van der Waals surface area contributed by atoms with Crippen molar-refractivity contribution in [1.82, 2.24) is 20.4 Å². The minimum atomic E-state index is -0.673. The van der Waals surface area contributed by atoms with E-state index in [4.69, 9.17) is 24.2 Å². The number of nitrogens with zero attached hydrogens (tertiary/aromatic N) is 4.